The SMILES string of the molecule is CN(CCOc1ccc(F)cc1)C(=O)c1cccc(COc2ccccc2C(N)=O)c1. The normalized spacial score (nSPS) is 10.4. The molecule has 3 aromatic rings. The summed E-state index contributed by atoms with van der Waals surface area (Å²) in [6, 6.07) is 19.5. The van der Waals surface area contributed by atoms with Crippen LogP contribution in [0.4, 0.5) is 4.39 Å². The lowest BCUT2D eigenvalue weighted by atomic mass is 10.1. The molecule has 31 heavy (non-hydrogen) atoms. The van der Waals surface area contributed by atoms with Crippen molar-refractivity contribution in [1.29, 1.82) is 0 Å². The summed E-state index contributed by atoms with van der Waals surface area (Å²) in [5.41, 5.74) is 6.96. The maximum atomic E-state index is 12.9. The Labute approximate surface area is 180 Å². The first kappa shape index (κ1) is 21.8. The van der Waals surface area contributed by atoms with Gasteiger partial charge in [0.2, 0.25) is 0 Å². The highest BCUT2D eigenvalue weighted by Gasteiger charge is 2.13. The highest BCUT2D eigenvalue weighted by Crippen LogP contribution is 2.19. The third kappa shape index (κ3) is 6.05. The Morgan fingerprint density at radius 2 is 1.71 bits per heavy atom. The van der Waals surface area contributed by atoms with Crippen molar-refractivity contribution in [1.82, 2.24) is 4.90 Å². The molecule has 3 aromatic carbocycles. The number of nitrogens with two attached hydrogens (primary N) is 1. The molecule has 0 aliphatic carbocycles. The van der Waals surface area contributed by atoms with Gasteiger partial charge in [-0.3, -0.25) is 9.59 Å². The topological polar surface area (TPSA) is 81.9 Å². The van der Waals surface area contributed by atoms with Gasteiger partial charge < -0.3 is 20.1 Å². The van der Waals surface area contributed by atoms with Crippen molar-refractivity contribution in [3.05, 3.63) is 95.3 Å². The second-order valence-corrected chi connectivity index (χ2v) is 6.88. The maximum Gasteiger partial charge on any atom is 0.253 e. The molecule has 0 aromatic heterocycles. The number of benzene rings is 3. The molecule has 3 rings (SSSR count). The van der Waals surface area contributed by atoms with E-state index in [2.05, 4.69) is 0 Å². The minimum Gasteiger partial charge on any atom is -0.492 e. The smallest absolute Gasteiger partial charge is 0.253 e. The van der Waals surface area contributed by atoms with Crippen LogP contribution in [0.1, 0.15) is 26.3 Å². The summed E-state index contributed by atoms with van der Waals surface area (Å²) >= 11 is 0. The molecule has 0 unspecified atom stereocenters. The van der Waals surface area contributed by atoms with Crippen LogP contribution in [0.15, 0.2) is 72.8 Å². The Kier molecular flexibility index (Phi) is 7.22. The molecule has 0 heterocycles. The molecule has 0 spiro atoms. The van der Waals surface area contributed by atoms with Crippen LogP contribution in [0.3, 0.4) is 0 Å². The third-order valence-electron chi connectivity index (χ3n) is 4.58. The third-order valence-corrected chi connectivity index (χ3v) is 4.58. The van der Waals surface area contributed by atoms with E-state index in [1.54, 1.807) is 54.4 Å². The van der Waals surface area contributed by atoms with Gasteiger partial charge in [0.25, 0.3) is 11.8 Å². The average molecular weight is 422 g/mol. The van der Waals surface area contributed by atoms with E-state index in [9.17, 15) is 14.0 Å². The van der Waals surface area contributed by atoms with E-state index in [1.165, 1.54) is 24.3 Å². The second-order valence-electron chi connectivity index (χ2n) is 6.88. The summed E-state index contributed by atoms with van der Waals surface area (Å²) < 4.78 is 24.2. The number of nitrogens with zero attached hydrogens (tertiary/aromatic N) is 1. The Balaban J connectivity index is 1.56. The Bertz CT molecular complexity index is 1050. The predicted molar refractivity (Wildman–Crippen MR) is 115 cm³/mol. The number of hydrogen-bond acceptors (Lipinski definition) is 4. The zero-order chi connectivity index (χ0) is 22.2. The highest BCUT2D eigenvalue weighted by atomic mass is 19.1. The first-order chi connectivity index (χ1) is 14.9. The van der Waals surface area contributed by atoms with Crippen molar-refractivity contribution in [3.63, 3.8) is 0 Å². The van der Waals surface area contributed by atoms with Gasteiger partial charge in [-0.15, -0.1) is 0 Å². The van der Waals surface area contributed by atoms with E-state index in [0.29, 0.717) is 29.2 Å². The fourth-order valence-corrected chi connectivity index (χ4v) is 2.90. The lowest BCUT2D eigenvalue weighted by Gasteiger charge is -2.18. The number of carbonyl (C=O) groups is 2. The predicted octanol–water partition coefficient (Wildman–Crippen LogP) is 3.65. The molecular formula is C24H23FN2O4. The van der Waals surface area contributed by atoms with E-state index in [1.807, 2.05) is 6.07 Å². The summed E-state index contributed by atoms with van der Waals surface area (Å²) in [4.78, 5) is 25.8. The minimum atomic E-state index is -0.566. The van der Waals surface area contributed by atoms with E-state index in [-0.39, 0.29) is 24.9 Å². The Hall–Kier alpha value is -3.87. The van der Waals surface area contributed by atoms with Crippen molar-refractivity contribution in [2.75, 3.05) is 20.2 Å². The second kappa shape index (κ2) is 10.2. The van der Waals surface area contributed by atoms with Gasteiger partial charge in [-0.2, -0.15) is 0 Å². The molecule has 0 bridgehead atoms. The van der Waals surface area contributed by atoms with E-state index in [4.69, 9.17) is 15.2 Å². The maximum absolute atomic E-state index is 12.9. The van der Waals surface area contributed by atoms with Crippen molar-refractivity contribution >= 4 is 11.8 Å². The van der Waals surface area contributed by atoms with Crippen LogP contribution in [0, 0.1) is 5.82 Å². The zero-order valence-corrected chi connectivity index (χ0v) is 17.1. The molecule has 0 aliphatic rings. The molecule has 2 amide bonds. The van der Waals surface area contributed by atoms with Gasteiger partial charge in [-0.25, -0.2) is 4.39 Å². The quantitative estimate of drug-likeness (QED) is 0.571. The summed E-state index contributed by atoms with van der Waals surface area (Å²) in [6.07, 6.45) is 0. The molecule has 0 saturated heterocycles. The fraction of sp³-hybridized carbons (Fsp3) is 0.167. The molecule has 6 nitrogen and oxygen atoms in total. The van der Waals surface area contributed by atoms with Gasteiger partial charge in [0.05, 0.1) is 12.1 Å². The molecule has 0 atom stereocenters. The Morgan fingerprint density at radius 1 is 0.968 bits per heavy atom. The van der Waals surface area contributed by atoms with E-state index >= 15 is 0 Å². The van der Waals surface area contributed by atoms with Gasteiger partial charge >= 0.3 is 0 Å². The van der Waals surface area contributed by atoms with Crippen molar-refractivity contribution in [2.24, 2.45) is 5.73 Å². The monoisotopic (exact) mass is 422 g/mol. The van der Waals surface area contributed by atoms with Crippen LogP contribution in [0.5, 0.6) is 11.5 Å². The van der Waals surface area contributed by atoms with Gasteiger partial charge in [0, 0.05) is 12.6 Å². The van der Waals surface area contributed by atoms with Crippen molar-refractivity contribution in [3.8, 4) is 11.5 Å². The number of primary amides is 1. The number of ether oxygens (including phenoxy) is 2. The highest BCUT2D eigenvalue weighted by molar-refractivity contribution is 5.95. The molecule has 2 N–H and O–H groups in total. The summed E-state index contributed by atoms with van der Waals surface area (Å²) in [7, 11) is 1.68. The standard InChI is InChI=1S/C24H23FN2O4/c1-27(13-14-30-20-11-9-19(25)10-12-20)24(29)18-6-4-5-17(15-18)16-31-22-8-3-2-7-21(22)23(26)28/h2-12,15H,13-14,16H2,1H3,(H2,26,28). The number of rotatable bonds is 9. The number of carbonyl (C=O) groups excluding carboxylic acids is 2. The minimum absolute atomic E-state index is 0.165. The van der Waals surface area contributed by atoms with Crippen LogP contribution < -0.4 is 15.2 Å². The van der Waals surface area contributed by atoms with Crippen LogP contribution >= 0.6 is 0 Å². The summed E-state index contributed by atoms with van der Waals surface area (Å²) in [6.45, 7) is 0.826. The lowest BCUT2D eigenvalue weighted by molar-refractivity contribution is 0.0773. The Morgan fingerprint density at radius 3 is 2.45 bits per heavy atom. The van der Waals surface area contributed by atoms with E-state index < -0.39 is 5.91 Å². The van der Waals surface area contributed by atoms with Gasteiger partial charge in [0.1, 0.15) is 30.5 Å². The molecule has 160 valence electrons. The largest absolute Gasteiger partial charge is 0.492 e. The summed E-state index contributed by atoms with van der Waals surface area (Å²) in [5.74, 6) is -0.132. The first-order valence-corrected chi connectivity index (χ1v) is 9.68. The van der Waals surface area contributed by atoms with Crippen molar-refractivity contribution < 1.29 is 23.5 Å². The van der Waals surface area contributed by atoms with Gasteiger partial charge in [0.15, 0.2) is 0 Å². The molecule has 0 fully saturated rings. The first-order valence-electron chi connectivity index (χ1n) is 9.68. The molecule has 0 aliphatic heterocycles. The molecule has 0 saturated carbocycles. The number of halogens is 1. The average Bonchev–Trinajstić information content (AvgIpc) is 2.78. The van der Waals surface area contributed by atoms with Gasteiger partial charge in [-0.1, -0.05) is 24.3 Å². The molecule has 7 heteroatoms. The van der Waals surface area contributed by atoms with E-state index in [0.717, 1.165) is 5.56 Å². The number of likely N-dealkylation sites (N-methyl/N-ethyl adjacent to an activating group) is 1. The summed E-state index contributed by atoms with van der Waals surface area (Å²) in [5, 5.41) is 0. The zero-order valence-electron chi connectivity index (χ0n) is 17.1. The number of hydrogen-bond donors (Lipinski definition) is 1. The molecular weight excluding hydrogens is 399 g/mol. The van der Waals surface area contributed by atoms with Crippen LogP contribution in [0.25, 0.3) is 0 Å². The van der Waals surface area contributed by atoms with Crippen LogP contribution in [-0.4, -0.2) is 36.9 Å². The van der Waals surface area contributed by atoms with Crippen LogP contribution in [-0.2, 0) is 6.61 Å². The lowest BCUT2D eigenvalue weighted by Crippen LogP contribution is -2.31. The fourth-order valence-electron chi connectivity index (χ4n) is 2.90. The number of para-hydroxylation sites is 1. The van der Waals surface area contributed by atoms with Crippen LogP contribution in [0.2, 0.25) is 0 Å². The number of amides is 2. The van der Waals surface area contributed by atoms with Gasteiger partial charge in [-0.05, 0) is 54.1 Å². The van der Waals surface area contributed by atoms with Crippen molar-refractivity contribution in [2.45, 2.75) is 6.61 Å². The molecule has 0 radical (unpaired) electrons.